The van der Waals surface area contributed by atoms with Crippen molar-refractivity contribution in [3.63, 3.8) is 0 Å². The molecule has 7 heteroatoms. The molecule has 0 radical (unpaired) electrons. The fraction of sp³-hybridized carbons (Fsp3) is 0.200. The molecule has 3 rings (SSSR count). The maximum absolute atomic E-state index is 12.4. The van der Waals surface area contributed by atoms with Crippen LogP contribution in [0.25, 0.3) is 0 Å². The zero-order valence-electron chi connectivity index (χ0n) is 14.6. The first-order valence-electron chi connectivity index (χ1n) is 8.49. The molecule has 0 saturated heterocycles. The van der Waals surface area contributed by atoms with Crippen LogP contribution in [0.15, 0.2) is 55.1 Å². The molecule has 3 N–H and O–H groups in total. The Morgan fingerprint density at radius 2 is 2.11 bits per heavy atom. The van der Waals surface area contributed by atoms with E-state index < -0.39 is 0 Å². The SMILES string of the molecule is C=CCNC(=O)c1ccc2c(c1)NC(=O)C(CSCc1cccc(Cl)c1)N2. The lowest BCUT2D eigenvalue weighted by atomic mass is 10.1. The number of anilines is 2. The van der Waals surface area contributed by atoms with Gasteiger partial charge < -0.3 is 16.0 Å². The van der Waals surface area contributed by atoms with E-state index in [0.29, 0.717) is 28.6 Å². The van der Waals surface area contributed by atoms with E-state index in [4.69, 9.17) is 11.6 Å². The quantitative estimate of drug-likeness (QED) is 0.615. The van der Waals surface area contributed by atoms with Gasteiger partial charge in [-0.3, -0.25) is 9.59 Å². The molecule has 2 aromatic rings. The van der Waals surface area contributed by atoms with E-state index in [9.17, 15) is 9.59 Å². The van der Waals surface area contributed by atoms with Crippen molar-refractivity contribution in [2.45, 2.75) is 11.8 Å². The first-order valence-corrected chi connectivity index (χ1v) is 10.0. The molecule has 5 nitrogen and oxygen atoms in total. The van der Waals surface area contributed by atoms with Crippen molar-refractivity contribution in [2.24, 2.45) is 0 Å². The van der Waals surface area contributed by atoms with Crippen molar-refractivity contribution >= 4 is 46.6 Å². The van der Waals surface area contributed by atoms with Crippen LogP contribution in [-0.2, 0) is 10.5 Å². The van der Waals surface area contributed by atoms with E-state index in [0.717, 1.165) is 17.0 Å². The summed E-state index contributed by atoms with van der Waals surface area (Å²) in [5.41, 5.74) is 3.04. The second-order valence-corrected chi connectivity index (χ2v) is 7.56. The van der Waals surface area contributed by atoms with Crippen molar-refractivity contribution in [1.29, 1.82) is 0 Å². The normalized spacial score (nSPS) is 15.3. The molecule has 1 aliphatic rings. The second kappa shape index (κ2) is 8.97. The Morgan fingerprint density at radius 3 is 2.89 bits per heavy atom. The molecule has 0 fully saturated rings. The molecule has 1 heterocycles. The van der Waals surface area contributed by atoms with Crippen LogP contribution in [0.1, 0.15) is 15.9 Å². The predicted octanol–water partition coefficient (Wildman–Crippen LogP) is 3.92. The van der Waals surface area contributed by atoms with E-state index in [1.165, 1.54) is 0 Å². The van der Waals surface area contributed by atoms with E-state index in [1.807, 2.05) is 30.3 Å². The third kappa shape index (κ3) is 5.05. The molecule has 0 saturated carbocycles. The van der Waals surface area contributed by atoms with Gasteiger partial charge in [0.05, 0.1) is 11.4 Å². The molecule has 0 aromatic heterocycles. The number of amides is 2. The van der Waals surface area contributed by atoms with Crippen LogP contribution in [0, 0.1) is 0 Å². The molecule has 2 amide bonds. The van der Waals surface area contributed by atoms with Gasteiger partial charge in [0.2, 0.25) is 5.91 Å². The zero-order chi connectivity index (χ0) is 19.2. The number of carbonyl (C=O) groups excluding carboxylic acids is 2. The van der Waals surface area contributed by atoms with Gasteiger partial charge in [0.15, 0.2) is 0 Å². The summed E-state index contributed by atoms with van der Waals surface area (Å²) >= 11 is 7.66. The van der Waals surface area contributed by atoms with E-state index >= 15 is 0 Å². The number of thioether (sulfide) groups is 1. The van der Waals surface area contributed by atoms with Crippen LogP contribution in [0.2, 0.25) is 5.02 Å². The van der Waals surface area contributed by atoms with E-state index in [1.54, 1.807) is 30.0 Å². The van der Waals surface area contributed by atoms with Gasteiger partial charge >= 0.3 is 0 Å². The van der Waals surface area contributed by atoms with Gasteiger partial charge in [-0.25, -0.2) is 0 Å². The number of hydrogen-bond acceptors (Lipinski definition) is 4. The molecule has 1 aliphatic heterocycles. The Balaban J connectivity index is 1.60. The first-order chi connectivity index (χ1) is 13.1. The average Bonchev–Trinajstić information content (AvgIpc) is 2.66. The largest absolute Gasteiger partial charge is 0.371 e. The van der Waals surface area contributed by atoms with Gasteiger partial charge in [0.25, 0.3) is 5.91 Å². The van der Waals surface area contributed by atoms with Gasteiger partial charge in [-0.05, 0) is 35.9 Å². The minimum Gasteiger partial charge on any atom is -0.371 e. The summed E-state index contributed by atoms with van der Waals surface area (Å²) in [6.07, 6.45) is 1.62. The highest BCUT2D eigenvalue weighted by atomic mass is 35.5. The highest BCUT2D eigenvalue weighted by Gasteiger charge is 2.25. The fourth-order valence-corrected chi connectivity index (χ4v) is 3.91. The third-order valence-electron chi connectivity index (χ3n) is 4.04. The molecular formula is C20H20ClN3O2S. The zero-order valence-corrected chi connectivity index (χ0v) is 16.2. The summed E-state index contributed by atoms with van der Waals surface area (Å²) in [7, 11) is 0. The summed E-state index contributed by atoms with van der Waals surface area (Å²) in [5, 5.41) is 9.56. The predicted molar refractivity (Wildman–Crippen MR) is 113 cm³/mol. The van der Waals surface area contributed by atoms with Gasteiger partial charge in [0, 0.05) is 28.6 Å². The molecule has 2 aromatic carbocycles. The number of benzene rings is 2. The lowest BCUT2D eigenvalue weighted by molar-refractivity contribution is -0.116. The Morgan fingerprint density at radius 1 is 1.26 bits per heavy atom. The molecule has 140 valence electrons. The van der Waals surface area contributed by atoms with Crippen molar-refractivity contribution in [2.75, 3.05) is 22.9 Å². The summed E-state index contributed by atoms with van der Waals surface area (Å²) in [6, 6.07) is 12.6. The van der Waals surface area contributed by atoms with Crippen LogP contribution >= 0.6 is 23.4 Å². The summed E-state index contributed by atoms with van der Waals surface area (Å²) in [5.74, 6) is 1.09. The van der Waals surface area contributed by atoms with Gasteiger partial charge in [-0.2, -0.15) is 11.8 Å². The molecule has 27 heavy (non-hydrogen) atoms. The topological polar surface area (TPSA) is 70.2 Å². The highest BCUT2D eigenvalue weighted by molar-refractivity contribution is 7.98. The number of hydrogen-bond donors (Lipinski definition) is 3. The monoisotopic (exact) mass is 401 g/mol. The number of halogens is 1. The first kappa shape index (κ1) is 19.3. The van der Waals surface area contributed by atoms with Crippen LogP contribution in [0.4, 0.5) is 11.4 Å². The smallest absolute Gasteiger partial charge is 0.251 e. The summed E-state index contributed by atoms with van der Waals surface area (Å²) in [6.45, 7) is 3.97. The molecule has 1 unspecified atom stereocenters. The second-order valence-electron chi connectivity index (χ2n) is 6.09. The minimum absolute atomic E-state index is 0.107. The van der Waals surface area contributed by atoms with Gasteiger partial charge in [0.1, 0.15) is 6.04 Å². The van der Waals surface area contributed by atoms with Crippen LogP contribution in [-0.4, -0.2) is 30.2 Å². The number of rotatable bonds is 7. The molecule has 0 bridgehead atoms. The number of fused-ring (bicyclic) bond motifs is 1. The van der Waals surface area contributed by atoms with Crippen molar-refractivity contribution < 1.29 is 9.59 Å². The molecule has 0 aliphatic carbocycles. The summed E-state index contributed by atoms with van der Waals surface area (Å²) in [4.78, 5) is 24.4. The van der Waals surface area contributed by atoms with Crippen molar-refractivity contribution in [3.8, 4) is 0 Å². The van der Waals surface area contributed by atoms with Crippen LogP contribution in [0.3, 0.4) is 0 Å². The Hall–Kier alpha value is -2.44. The van der Waals surface area contributed by atoms with Crippen LogP contribution < -0.4 is 16.0 Å². The maximum Gasteiger partial charge on any atom is 0.251 e. The van der Waals surface area contributed by atoms with Crippen molar-refractivity contribution in [1.82, 2.24) is 5.32 Å². The Kier molecular flexibility index (Phi) is 6.42. The fourth-order valence-electron chi connectivity index (χ4n) is 2.69. The van der Waals surface area contributed by atoms with Gasteiger partial charge in [-0.15, -0.1) is 6.58 Å². The standard InChI is InChI=1S/C20H20ClN3O2S/c1-2-8-22-19(25)14-6-7-16-17(10-14)24-20(26)18(23-16)12-27-11-13-4-3-5-15(21)9-13/h2-7,9-10,18,23H,1,8,11-12H2,(H,22,25)(H,24,26). The van der Waals surface area contributed by atoms with Crippen molar-refractivity contribution in [3.05, 3.63) is 71.3 Å². The molecular weight excluding hydrogens is 382 g/mol. The van der Waals surface area contributed by atoms with E-state index in [-0.39, 0.29) is 17.9 Å². The Bertz CT molecular complexity index is 872. The third-order valence-corrected chi connectivity index (χ3v) is 5.38. The minimum atomic E-state index is -0.331. The molecule has 1 atom stereocenters. The van der Waals surface area contributed by atoms with E-state index in [2.05, 4.69) is 22.5 Å². The lowest BCUT2D eigenvalue weighted by Crippen LogP contribution is -2.40. The summed E-state index contributed by atoms with van der Waals surface area (Å²) < 4.78 is 0. The highest BCUT2D eigenvalue weighted by Crippen LogP contribution is 2.29. The number of carbonyl (C=O) groups is 2. The Labute approximate surface area is 167 Å². The number of nitrogens with one attached hydrogen (secondary N) is 3. The lowest BCUT2D eigenvalue weighted by Gasteiger charge is -2.27. The average molecular weight is 402 g/mol. The van der Waals surface area contributed by atoms with Gasteiger partial charge in [-0.1, -0.05) is 29.8 Å². The van der Waals surface area contributed by atoms with Crippen LogP contribution in [0.5, 0.6) is 0 Å². The molecule has 0 spiro atoms. The maximum atomic E-state index is 12.4.